The summed E-state index contributed by atoms with van der Waals surface area (Å²) >= 11 is 0. The zero-order valence-electron chi connectivity index (χ0n) is 11.0. The molecule has 2 aliphatic rings. The Balaban J connectivity index is 1.88. The first-order valence-electron chi connectivity index (χ1n) is 7.31. The average Bonchev–Trinajstić information content (AvgIpc) is 2.40. The molecule has 1 heterocycles. The quantitative estimate of drug-likeness (QED) is 0.785. The fraction of sp³-hybridized carbons (Fsp3) is 1.00. The summed E-state index contributed by atoms with van der Waals surface area (Å²) in [6.45, 7) is 4.65. The van der Waals surface area contributed by atoms with Gasteiger partial charge in [-0.1, -0.05) is 19.3 Å². The third-order valence-electron chi connectivity index (χ3n) is 4.77. The van der Waals surface area contributed by atoms with Gasteiger partial charge in [0.25, 0.3) is 0 Å². The van der Waals surface area contributed by atoms with Gasteiger partial charge in [0.15, 0.2) is 0 Å². The zero-order valence-corrected chi connectivity index (χ0v) is 11.0. The van der Waals surface area contributed by atoms with E-state index in [9.17, 15) is 5.11 Å². The van der Waals surface area contributed by atoms with Crippen molar-refractivity contribution >= 4 is 0 Å². The molecule has 0 radical (unpaired) electrons. The van der Waals surface area contributed by atoms with Gasteiger partial charge in [-0.15, -0.1) is 0 Å². The Morgan fingerprint density at radius 1 is 1.18 bits per heavy atom. The number of piperidine rings is 1. The van der Waals surface area contributed by atoms with E-state index in [1.807, 2.05) is 0 Å². The number of likely N-dealkylation sites (tertiary alicyclic amines) is 1. The lowest BCUT2D eigenvalue weighted by molar-refractivity contribution is 0.0621. The summed E-state index contributed by atoms with van der Waals surface area (Å²) in [4.78, 5) is 2.56. The van der Waals surface area contributed by atoms with E-state index in [0.29, 0.717) is 17.9 Å². The summed E-state index contributed by atoms with van der Waals surface area (Å²) in [5.74, 6) is 0.502. The third-order valence-corrected chi connectivity index (χ3v) is 4.77. The van der Waals surface area contributed by atoms with Crippen LogP contribution in [0.1, 0.15) is 44.9 Å². The second-order valence-corrected chi connectivity index (χ2v) is 6.19. The fourth-order valence-electron chi connectivity index (χ4n) is 3.65. The maximum atomic E-state index is 9.28. The van der Waals surface area contributed by atoms with Crippen molar-refractivity contribution in [2.45, 2.75) is 44.9 Å². The summed E-state index contributed by atoms with van der Waals surface area (Å²) in [6.07, 6.45) is 9.16. The Morgan fingerprint density at radius 3 is 2.59 bits per heavy atom. The molecule has 100 valence electrons. The van der Waals surface area contributed by atoms with Crippen molar-refractivity contribution in [3.05, 3.63) is 0 Å². The van der Waals surface area contributed by atoms with E-state index in [1.165, 1.54) is 58.0 Å². The van der Waals surface area contributed by atoms with Crippen molar-refractivity contribution in [2.75, 3.05) is 32.8 Å². The molecule has 1 unspecified atom stereocenters. The molecule has 3 N–H and O–H groups in total. The molecule has 0 aromatic rings. The monoisotopic (exact) mass is 240 g/mol. The van der Waals surface area contributed by atoms with E-state index in [2.05, 4.69) is 4.90 Å². The fourth-order valence-corrected chi connectivity index (χ4v) is 3.65. The highest BCUT2D eigenvalue weighted by molar-refractivity contribution is 4.88. The molecule has 0 spiro atoms. The van der Waals surface area contributed by atoms with Crippen LogP contribution in [0.25, 0.3) is 0 Å². The summed E-state index contributed by atoms with van der Waals surface area (Å²) in [5.41, 5.74) is 6.43. The number of aliphatic hydroxyl groups excluding tert-OH is 1. The molecular formula is C14H28N2O. The molecule has 1 saturated heterocycles. The minimum Gasteiger partial charge on any atom is -0.396 e. The second-order valence-electron chi connectivity index (χ2n) is 6.19. The lowest BCUT2D eigenvalue weighted by atomic mass is 9.73. The van der Waals surface area contributed by atoms with E-state index in [0.717, 1.165) is 13.1 Å². The Kier molecular flexibility index (Phi) is 4.83. The Bertz CT molecular complexity index is 226. The molecule has 3 nitrogen and oxygen atoms in total. The van der Waals surface area contributed by atoms with Gasteiger partial charge in [0, 0.05) is 19.7 Å². The van der Waals surface area contributed by atoms with Crippen LogP contribution >= 0.6 is 0 Å². The predicted octanol–water partition coefficient (Wildman–Crippen LogP) is 1.60. The number of aliphatic hydroxyl groups is 1. The van der Waals surface area contributed by atoms with Crippen molar-refractivity contribution < 1.29 is 5.11 Å². The van der Waals surface area contributed by atoms with E-state index in [4.69, 9.17) is 5.73 Å². The van der Waals surface area contributed by atoms with Crippen molar-refractivity contribution in [3.8, 4) is 0 Å². The van der Waals surface area contributed by atoms with Crippen LogP contribution in [0, 0.1) is 11.3 Å². The van der Waals surface area contributed by atoms with Gasteiger partial charge < -0.3 is 15.7 Å². The highest BCUT2D eigenvalue weighted by Gasteiger charge is 2.33. The highest BCUT2D eigenvalue weighted by Crippen LogP contribution is 2.36. The molecule has 17 heavy (non-hydrogen) atoms. The van der Waals surface area contributed by atoms with Crippen LogP contribution in [0.3, 0.4) is 0 Å². The van der Waals surface area contributed by atoms with Crippen LogP contribution in [0.4, 0.5) is 0 Å². The van der Waals surface area contributed by atoms with Gasteiger partial charge >= 0.3 is 0 Å². The van der Waals surface area contributed by atoms with Crippen LogP contribution in [-0.4, -0.2) is 42.8 Å². The molecular weight excluding hydrogens is 212 g/mol. The summed E-state index contributed by atoms with van der Waals surface area (Å²) in [5, 5.41) is 9.28. The van der Waals surface area contributed by atoms with Gasteiger partial charge in [0.05, 0.1) is 0 Å². The Morgan fingerprint density at radius 2 is 1.94 bits per heavy atom. The maximum Gasteiger partial charge on any atom is 0.0471 e. The lowest BCUT2D eigenvalue weighted by Crippen LogP contribution is -2.47. The average molecular weight is 240 g/mol. The minimum atomic E-state index is 0.353. The van der Waals surface area contributed by atoms with E-state index in [1.54, 1.807) is 0 Å². The van der Waals surface area contributed by atoms with Crippen molar-refractivity contribution in [1.82, 2.24) is 4.90 Å². The third kappa shape index (κ3) is 3.43. The molecule has 0 amide bonds. The molecule has 2 rings (SSSR count). The van der Waals surface area contributed by atoms with Crippen molar-refractivity contribution in [3.63, 3.8) is 0 Å². The van der Waals surface area contributed by atoms with Crippen LogP contribution < -0.4 is 5.73 Å². The van der Waals surface area contributed by atoms with Crippen molar-refractivity contribution in [2.24, 2.45) is 17.1 Å². The maximum absolute atomic E-state index is 9.28. The Labute approximate surface area is 105 Å². The molecule has 2 fully saturated rings. The number of hydrogen-bond donors (Lipinski definition) is 2. The number of rotatable bonds is 4. The van der Waals surface area contributed by atoms with Crippen LogP contribution in [0.15, 0.2) is 0 Å². The lowest BCUT2D eigenvalue weighted by Gasteiger charge is -2.43. The second kappa shape index (κ2) is 6.17. The number of hydrogen-bond acceptors (Lipinski definition) is 3. The van der Waals surface area contributed by atoms with E-state index < -0.39 is 0 Å². The van der Waals surface area contributed by atoms with Gasteiger partial charge in [-0.2, -0.15) is 0 Å². The first kappa shape index (κ1) is 13.3. The SMILES string of the molecule is NCC1(CN2CCCC(CO)C2)CCCCC1. The first-order valence-corrected chi connectivity index (χ1v) is 7.31. The largest absolute Gasteiger partial charge is 0.396 e. The van der Waals surface area contributed by atoms with Gasteiger partial charge in [-0.3, -0.25) is 0 Å². The molecule has 1 aliphatic carbocycles. The molecule has 0 bridgehead atoms. The van der Waals surface area contributed by atoms with Crippen LogP contribution in [-0.2, 0) is 0 Å². The molecule has 0 aromatic carbocycles. The van der Waals surface area contributed by atoms with Gasteiger partial charge in [0.1, 0.15) is 0 Å². The standard InChI is InChI=1S/C14H28N2O/c15-11-14(6-2-1-3-7-14)12-16-8-4-5-13(9-16)10-17/h13,17H,1-12,15H2. The van der Waals surface area contributed by atoms with Crippen LogP contribution in [0.5, 0.6) is 0 Å². The minimum absolute atomic E-state index is 0.353. The summed E-state index contributed by atoms with van der Waals surface area (Å²) in [6, 6.07) is 0. The topological polar surface area (TPSA) is 49.5 Å². The summed E-state index contributed by atoms with van der Waals surface area (Å²) < 4.78 is 0. The molecule has 1 saturated carbocycles. The normalized spacial score (nSPS) is 30.4. The smallest absolute Gasteiger partial charge is 0.0471 e. The van der Waals surface area contributed by atoms with Gasteiger partial charge in [0.2, 0.25) is 0 Å². The number of nitrogens with two attached hydrogens (primary N) is 1. The molecule has 1 aliphatic heterocycles. The molecule has 3 heteroatoms. The van der Waals surface area contributed by atoms with E-state index >= 15 is 0 Å². The highest BCUT2D eigenvalue weighted by atomic mass is 16.3. The first-order chi connectivity index (χ1) is 8.28. The molecule has 0 aromatic heterocycles. The molecule has 1 atom stereocenters. The summed E-state index contributed by atoms with van der Waals surface area (Å²) in [7, 11) is 0. The number of nitrogens with zero attached hydrogens (tertiary/aromatic N) is 1. The predicted molar refractivity (Wildman–Crippen MR) is 70.8 cm³/mol. The van der Waals surface area contributed by atoms with Gasteiger partial charge in [-0.05, 0) is 50.1 Å². The zero-order chi connectivity index (χ0) is 12.1. The van der Waals surface area contributed by atoms with E-state index in [-0.39, 0.29) is 0 Å². The van der Waals surface area contributed by atoms with Crippen LogP contribution in [0.2, 0.25) is 0 Å². The van der Waals surface area contributed by atoms with Gasteiger partial charge in [-0.25, -0.2) is 0 Å². The van der Waals surface area contributed by atoms with Crippen molar-refractivity contribution in [1.29, 1.82) is 0 Å². The Hall–Kier alpha value is -0.120.